The van der Waals surface area contributed by atoms with Crippen LogP contribution in [0.4, 0.5) is 0 Å². The fourth-order valence-corrected chi connectivity index (χ4v) is 1.34. The number of aromatic hydroxyl groups is 2. The maximum atomic E-state index is 9.85. The molecule has 0 amide bonds. The largest absolute Gasteiger partial charge is 0.492 e. The first kappa shape index (κ1) is 9.70. The normalized spacial score (nSPS) is 12.2. The number of aromatic nitrogens is 4. The zero-order valence-corrected chi connectivity index (χ0v) is 8.76. The second kappa shape index (κ2) is 2.82. The number of fused-ring (bicyclic) bond motifs is 1. The van der Waals surface area contributed by atoms with Gasteiger partial charge in [0.05, 0.1) is 5.54 Å². The van der Waals surface area contributed by atoms with Crippen LogP contribution in [0.5, 0.6) is 11.8 Å². The SMILES string of the molecule is CC(C)(C)n1nc2c(O)ncnc2c1O. The molecule has 0 unspecified atom stereocenters. The third-order valence-corrected chi connectivity index (χ3v) is 2.05. The Bertz CT molecular complexity index is 513. The van der Waals surface area contributed by atoms with Gasteiger partial charge in [-0.25, -0.2) is 9.67 Å². The van der Waals surface area contributed by atoms with Crippen LogP contribution >= 0.6 is 0 Å². The van der Waals surface area contributed by atoms with Crippen molar-refractivity contribution in [3.8, 4) is 11.8 Å². The molecule has 0 aliphatic carbocycles. The highest BCUT2D eigenvalue weighted by atomic mass is 16.3. The van der Waals surface area contributed by atoms with Gasteiger partial charge in [-0.3, -0.25) is 0 Å². The minimum atomic E-state index is -0.378. The molecule has 0 aromatic carbocycles. The Morgan fingerprint density at radius 3 is 2.33 bits per heavy atom. The summed E-state index contributed by atoms with van der Waals surface area (Å²) >= 11 is 0. The van der Waals surface area contributed by atoms with Gasteiger partial charge < -0.3 is 10.2 Å². The van der Waals surface area contributed by atoms with Gasteiger partial charge in [-0.05, 0) is 20.8 Å². The van der Waals surface area contributed by atoms with E-state index >= 15 is 0 Å². The van der Waals surface area contributed by atoms with Crippen LogP contribution in [-0.4, -0.2) is 30.0 Å². The number of hydrogen-bond donors (Lipinski definition) is 2. The summed E-state index contributed by atoms with van der Waals surface area (Å²) in [5.41, 5.74) is 0.0966. The van der Waals surface area contributed by atoms with Gasteiger partial charge in [-0.1, -0.05) is 0 Å². The third kappa shape index (κ3) is 1.38. The summed E-state index contributed by atoms with van der Waals surface area (Å²) in [7, 11) is 0. The minimum Gasteiger partial charge on any atom is -0.492 e. The van der Waals surface area contributed by atoms with E-state index in [1.54, 1.807) is 0 Å². The molecule has 0 atom stereocenters. The predicted octanol–water partition coefficient (Wildman–Crippen LogP) is 0.992. The highest BCUT2D eigenvalue weighted by molar-refractivity contribution is 5.83. The molecule has 2 aromatic heterocycles. The molecule has 2 aromatic rings. The Morgan fingerprint density at radius 1 is 1.13 bits per heavy atom. The number of nitrogens with zero attached hydrogens (tertiary/aromatic N) is 4. The van der Waals surface area contributed by atoms with Crippen molar-refractivity contribution >= 4 is 11.0 Å². The van der Waals surface area contributed by atoms with Crippen molar-refractivity contribution in [1.29, 1.82) is 0 Å². The zero-order chi connectivity index (χ0) is 11.2. The van der Waals surface area contributed by atoms with E-state index in [1.807, 2.05) is 20.8 Å². The van der Waals surface area contributed by atoms with Gasteiger partial charge in [0, 0.05) is 0 Å². The number of hydrogen-bond acceptors (Lipinski definition) is 5. The van der Waals surface area contributed by atoms with Crippen molar-refractivity contribution < 1.29 is 10.2 Å². The molecule has 0 spiro atoms. The lowest BCUT2D eigenvalue weighted by Crippen LogP contribution is -2.22. The van der Waals surface area contributed by atoms with Gasteiger partial charge in [0.25, 0.3) is 0 Å². The van der Waals surface area contributed by atoms with Gasteiger partial charge in [0.1, 0.15) is 6.33 Å². The van der Waals surface area contributed by atoms with Crippen molar-refractivity contribution in [1.82, 2.24) is 19.7 Å². The van der Waals surface area contributed by atoms with E-state index in [2.05, 4.69) is 15.1 Å². The quantitative estimate of drug-likeness (QED) is 0.674. The van der Waals surface area contributed by atoms with Crippen LogP contribution in [0.25, 0.3) is 11.0 Å². The maximum absolute atomic E-state index is 9.85. The van der Waals surface area contributed by atoms with Gasteiger partial charge in [0.15, 0.2) is 11.0 Å². The molecule has 15 heavy (non-hydrogen) atoms. The molecule has 0 bridgehead atoms. The molecule has 0 aliphatic heterocycles. The highest BCUT2D eigenvalue weighted by Crippen LogP contribution is 2.30. The Labute approximate surface area is 86.2 Å². The molecular weight excluding hydrogens is 196 g/mol. The summed E-state index contributed by atoms with van der Waals surface area (Å²) in [5, 5.41) is 23.4. The van der Waals surface area contributed by atoms with Gasteiger partial charge >= 0.3 is 0 Å². The standard InChI is InChI=1S/C9H12N4O2/c1-9(2,3)13-8(15)6-5(12-13)7(14)11-4-10-6/h4,15H,1-3H3,(H,10,11,14). The van der Waals surface area contributed by atoms with Gasteiger partial charge in [0.2, 0.25) is 11.8 Å². The molecule has 2 N–H and O–H groups in total. The average Bonchev–Trinajstić information content (AvgIpc) is 2.45. The van der Waals surface area contributed by atoms with Crippen LogP contribution in [0.3, 0.4) is 0 Å². The van der Waals surface area contributed by atoms with E-state index in [0.29, 0.717) is 0 Å². The lowest BCUT2D eigenvalue weighted by molar-refractivity contribution is 0.297. The van der Waals surface area contributed by atoms with Crippen LogP contribution in [0.2, 0.25) is 0 Å². The molecule has 0 saturated carbocycles. The second-order valence-electron chi connectivity index (χ2n) is 4.30. The third-order valence-electron chi connectivity index (χ3n) is 2.05. The summed E-state index contributed by atoms with van der Waals surface area (Å²) in [4.78, 5) is 7.47. The average molecular weight is 208 g/mol. The lowest BCUT2D eigenvalue weighted by Gasteiger charge is -2.19. The molecule has 0 fully saturated rings. The van der Waals surface area contributed by atoms with Crippen LogP contribution in [0, 0.1) is 0 Å². The monoisotopic (exact) mass is 208 g/mol. The predicted molar refractivity (Wildman–Crippen MR) is 53.6 cm³/mol. The summed E-state index contributed by atoms with van der Waals surface area (Å²) in [5.74, 6) is -0.284. The number of rotatable bonds is 0. The second-order valence-corrected chi connectivity index (χ2v) is 4.30. The molecule has 6 heteroatoms. The molecule has 6 nitrogen and oxygen atoms in total. The van der Waals surface area contributed by atoms with Crippen molar-refractivity contribution in [2.75, 3.05) is 0 Å². The lowest BCUT2D eigenvalue weighted by atomic mass is 10.1. The van der Waals surface area contributed by atoms with E-state index in [9.17, 15) is 10.2 Å². The van der Waals surface area contributed by atoms with E-state index in [0.717, 1.165) is 0 Å². The van der Waals surface area contributed by atoms with Crippen molar-refractivity contribution in [3.63, 3.8) is 0 Å². The van der Waals surface area contributed by atoms with Crippen LogP contribution in [0.1, 0.15) is 20.8 Å². The fourth-order valence-electron chi connectivity index (χ4n) is 1.34. The first-order valence-electron chi connectivity index (χ1n) is 4.53. The Hall–Kier alpha value is -1.85. The maximum Gasteiger partial charge on any atom is 0.243 e. The Morgan fingerprint density at radius 2 is 1.80 bits per heavy atom. The zero-order valence-electron chi connectivity index (χ0n) is 8.76. The van der Waals surface area contributed by atoms with Gasteiger partial charge in [-0.15, -0.1) is 0 Å². The van der Waals surface area contributed by atoms with E-state index in [1.165, 1.54) is 11.0 Å². The van der Waals surface area contributed by atoms with Gasteiger partial charge in [-0.2, -0.15) is 10.1 Å². The van der Waals surface area contributed by atoms with E-state index in [-0.39, 0.29) is 28.3 Å². The molecular formula is C9H12N4O2. The Balaban J connectivity index is 2.81. The van der Waals surface area contributed by atoms with E-state index < -0.39 is 0 Å². The van der Waals surface area contributed by atoms with Crippen molar-refractivity contribution in [2.24, 2.45) is 0 Å². The molecule has 0 saturated heterocycles. The molecule has 2 heterocycles. The molecule has 80 valence electrons. The summed E-state index contributed by atoms with van der Waals surface area (Å²) in [6.45, 7) is 5.68. The fraction of sp³-hybridized carbons (Fsp3) is 0.444. The topological polar surface area (TPSA) is 84.1 Å². The van der Waals surface area contributed by atoms with Crippen LogP contribution in [0.15, 0.2) is 6.33 Å². The summed E-state index contributed by atoms with van der Waals surface area (Å²) in [6.07, 6.45) is 1.19. The van der Waals surface area contributed by atoms with E-state index in [4.69, 9.17) is 0 Å². The summed E-state index contributed by atoms with van der Waals surface area (Å²) in [6, 6.07) is 0. The minimum absolute atomic E-state index is 0.0600. The van der Waals surface area contributed by atoms with Crippen LogP contribution < -0.4 is 0 Å². The Kier molecular flexibility index (Phi) is 1.82. The van der Waals surface area contributed by atoms with Crippen LogP contribution in [-0.2, 0) is 5.54 Å². The molecule has 0 radical (unpaired) electrons. The van der Waals surface area contributed by atoms with Crippen molar-refractivity contribution in [3.05, 3.63) is 6.33 Å². The first-order valence-corrected chi connectivity index (χ1v) is 4.53. The molecule has 2 rings (SSSR count). The van der Waals surface area contributed by atoms with Crippen molar-refractivity contribution in [2.45, 2.75) is 26.3 Å². The summed E-state index contributed by atoms with van der Waals surface area (Å²) < 4.78 is 1.41. The highest BCUT2D eigenvalue weighted by Gasteiger charge is 2.23. The first-order chi connectivity index (χ1) is 6.91. The molecule has 0 aliphatic rings. The smallest absolute Gasteiger partial charge is 0.243 e.